The van der Waals surface area contributed by atoms with Crippen LogP contribution in [0.5, 0.6) is 0 Å². The normalized spacial score (nSPS) is 14.2. The third-order valence-corrected chi connectivity index (χ3v) is 4.57. The second-order valence-corrected chi connectivity index (χ2v) is 7.17. The molecular formula is C15H25NO3S. The molecule has 0 spiro atoms. The summed E-state index contributed by atoms with van der Waals surface area (Å²) >= 11 is 0. The van der Waals surface area contributed by atoms with Gasteiger partial charge in [0, 0.05) is 12.1 Å². The van der Waals surface area contributed by atoms with Crippen LogP contribution in [0.3, 0.4) is 0 Å². The second-order valence-electron chi connectivity index (χ2n) is 5.60. The van der Waals surface area contributed by atoms with Crippen molar-refractivity contribution in [3.05, 3.63) is 29.8 Å². The van der Waals surface area contributed by atoms with Crippen molar-refractivity contribution >= 4 is 10.1 Å². The predicted octanol–water partition coefficient (Wildman–Crippen LogP) is 3.17. The van der Waals surface area contributed by atoms with E-state index in [2.05, 4.69) is 0 Å². The zero-order valence-electron chi connectivity index (χ0n) is 13.1. The molecule has 5 heteroatoms. The molecule has 0 aromatic heterocycles. The highest BCUT2D eigenvalue weighted by Gasteiger charge is 2.26. The van der Waals surface area contributed by atoms with Crippen molar-refractivity contribution in [1.82, 2.24) is 4.90 Å². The van der Waals surface area contributed by atoms with E-state index in [-0.39, 0.29) is 17.0 Å². The Balaban J connectivity index is 2.92. The van der Waals surface area contributed by atoms with E-state index in [9.17, 15) is 8.42 Å². The molecule has 0 aliphatic carbocycles. The first-order chi connectivity index (χ1) is 9.15. The molecule has 20 heavy (non-hydrogen) atoms. The molecular weight excluding hydrogens is 274 g/mol. The van der Waals surface area contributed by atoms with Gasteiger partial charge in [0.25, 0.3) is 10.1 Å². The maximum Gasteiger partial charge on any atom is 0.298 e. The van der Waals surface area contributed by atoms with E-state index in [4.69, 9.17) is 4.18 Å². The second kappa shape index (κ2) is 6.70. The molecule has 0 radical (unpaired) electrons. The highest BCUT2D eigenvalue weighted by molar-refractivity contribution is 7.86. The molecule has 0 aliphatic rings. The summed E-state index contributed by atoms with van der Waals surface area (Å²) in [5.41, 5.74) is 1.02. The maximum absolute atomic E-state index is 12.3. The van der Waals surface area contributed by atoms with E-state index in [1.54, 1.807) is 31.2 Å². The summed E-state index contributed by atoms with van der Waals surface area (Å²) in [6, 6.07) is 7.10. The monoisotopic (exact) mass is 299 g/mol. The zero-order valence-corrected chi connectivity index (χ0v) is 13.9. The van der Waals surface area contributed by atoms with Crippen molar-refractivity contribution in [2.45, 2.75) is 64.7 Å². The SMILES string of the molecule is Cc1ccc(S(=O)(=O)OC(C)N(C(C)C)C(C)C)cc1. The van der Waals surface area contributed by atoms with Crippen LogP contribution < -0.4 is 0 Å². The smallest absolute Gasteiger partial charge is 0.272 e. The van der Waals surface area contributed by atoms with Gasteiger partial charge in [0.2, 0.25) is 0 Å². The van der Waals surface area contributed by atoms with Gasteiger partial charge in [-0.2, -0.15) is 8.42 Å². The molecule has 0 saturated carbocycles. The summed E-state index contributed by atoms with van der Waals surface area (Å²) in [4.78, 5) is 2.22. The lowest BCUT2D eigenvalue weighted by molar-refractivity contribution is -0.00123. The standard InChI is InChI=1S/C15H25NO3S/c1-11(2)16(12(3)4)14(6)19-20(17,18)15-9-7-13(5)8-10-15/h7-12,14H,1-6H3. The number of aryl methyl sites for hydroxylation is 1. The number of nitrogens with zero attached hydrogens (tertiary/aromatic N) is 1. The van der Waals surface area contributed by atoms with Crippen LogP contribution in [0.4, 0.5) is 0 Å². The Kier molecular flexibility index (Phi) is 5.74. The summed E-state index contributed by atoms with van der Waals surface area (Å²) in [5.74, 6) is 0. The van der Waals surface area contributed by atoms with Gasteiger partial charge in [-0.15, -0.1) is 0 Å². The first kappa shape index (κ1) is 17.1. The lowest BCUT2D eigenvalue weighted by atomic mass is 10.2. The third kappa shape index (κ3) is 4.30. The van der Waals surface area contributed by atoms with Gasteiger partial charge in [0.15, 0.2) is 0 Å². The molecule has 1 aromatic rings. The van der Waals surface area contributed by atoms with Crippen LogP contribution in [0.2, 0.25) is 0 Å². The van der Waals surface area contributed by atoms with Crippen molar-refractivity contribution in [3.63, 3.8) is 0 Å². The van der Waals surface area contributed by atoms with Crippen molar-refractivity contribution in [3.8, 4) is 0 Å². The van der Waals surface area contributed by atoms with Gasteiger partial charge in [-0.25, -0.2) is 4.18 Å². The fourth-order valence-corrected chi connectivity index (χ4v) is 3.48. The van der Waals surface area contributed by atoms with E-state index in [0.29, 0.717) is 0 Å². The molecule has 0 N–H and O–H groups in total. The Labute approximate surface area is 122 Å². The molecule has 1 rings (SSSR count). The number of hydrogen-bond acceptors (Lipinski definition) is 4. The molecule has 1 atom stereocenters. The lowest BCUT2D eigenvalue weighted by Crippen LogP contribution is -2.45. The van der Waals surface area contributed by atoms with E-state index in [1.165, 1.54) is 0 Å². The summed E-state index contributed by atoms with van der Waals surface area (Å²) in [5, 5.41) is 0. The first-order valence-corrected chi connectivity index (χ1v) is 8.33. The van der Waals surface area contributed by atoms with Crippen LogP contribution in [-0.2, 0) is 14.3 Å². The molecule has 114 valence electrons. The number of hydrogen-bond donors (Lipinski definition) is 0. The molecule has 0 amide bonds. The minimum Gasteiger partial charge on any atom is -0.272 e. The zero-order chi connectivity index (χ0) is 15.5. The molecule has 4 nitrogen and oxygen atoms in total. The highest BCUT2D eigenvalue weighted by Crippen LogP contribution is 2.19. The fourth-order valence-electron chi connectivity index (χ4n) is 2.43. The molecule has 1 unspecified atom stereocenters. The van der Waals surface area contributed by atoms with Gasteiger partial charge >= 0.3 is 0 Å². The van der Waals surface area contributed by atoms with E-state index in [1.807, 2.05) is 39.5 Å². The van der Waals surface area contributed by atoms with Gasteiger partial charge in [0.1, 0.15) is 6.23 Å². The van der Waals surface area contributed by atoms with Crippen molar-refractivity contribution in [2.24, 2.45) is 0 Å². The Morgan fingerprint density at radius 2 is 1.40 bits per heavy atom. The van der Waals surface area contributed by atoms with Crippen LogP contribution in [0.15, 0.2) is 29.2 Å². The minimum atomic E-state index is -3.73. The van der Waals surface area contributed by atoms with Crippen LogP contribution >= 0.6 is 0 Å². The molecule has 0 bridgehead atoms. The Hall–Kier alpha value is -0.910. The van der Waals surface area contributed by atoms with Crippen LogP contribution in [0.25, 0.3) is 0 Å². The Morgan fingerprint density at radius 1 is 0.950 bits per heavy atom. The van der Waals surface area contributed by atoms with E-state index >= 15 is 0 Å². The molecule has 0 fully saturated rings. The van der Waals surface area contributed by atoms with E-state index < -0.39 is 16.3 Å². The van der Waals surface area contributed by atoms with E-state index in [0.717, 1.165) is 5.56 Å². The summed E-state index contributed by atoms with van der Waals surface area (Å²) in [6.07, 6.45) is -0.499. The van der Waals surface area contributed by atoms with Gasteiger partial charge in [-0.3, -0.25) is 4.90 Å². The van der Waals surface area contributed by atoms with Crippen LogP contribution in [-0.4, -0.2) is 31.6 Å². The summed E-state index contributed by atoms with van der Waals surface area (Å²) in [6.45, 7) is 11.8. The first-order valence-electron chi connectivity index (χ1n) is 6.92. The summed E-state index contributed by atoms with van der Waals surface area (Å²) < 4.78 is 29.9. The van der Waals surface area contributed by atoms with Gasteiger partial charge in [-0.05, 0) is 53.7 Å². The van der Waals surface area contributed by atoms with Crippen molar-refractivity contribution < 1.29 is 12.6 Å². The molecule has 0 heterocycles. The van der Waals surface area contributed by atoms with Gasteiger partial charge in [-0.1, -0.05) is 17.7 Å². The average molecular weight is 299 g/mol. The van der Waals surface area contributed by atoms with Crippen LogP contribution in [0, 0.1) is 6.92 Å². The highest BCUT2D eigenvalue weighted by atomic mass is 32.2. The largest absolute Gasteiger partial charge is 0.298 e. The lowest BCUT2D eigenvalue weighted by Gasteiger charge is -2.35. The third-order valence-electron chi connectivity index (χ3n) is 3.19. The maximum atomic E-state index is 12.3. The number of benzene rings is 1. The van der Waals surface area contributed by atoms with Crippen molar-refractivity contribution in [2.75, 3.05) is 0 Å². The Morgan fingerprint density at radius 3 is 1.80 bits per heavy atom. The fraction of sp³-hybridized carbons (Fsp3) is 0.600. The molecule has 1 aromatic carbocycles. The van der Waals surface area contributed by atoms with Crippen LogP contribution in [0.1, 0.15) is 40.2 Å². The molecule has 0 aliphatic heterocycles. The van der Waals surface area contributed by atoms with Gasteiger partial charge < -0.3 is 0 Å². The summed E-state index contributed by atoms with van der Waals surface area (Å²) in [7, 11) is -3.73. The quantitative estimate of drug-likeness (QED) is 0.598. The topological polar surface area (TPSA) is 46.6 Å². The average Bonchev–Trinajstić information content (AvgIpc) is 2.27. The molecule has 0 saturated heterocycles. The van der Waals surface area contributed by atoms with Gasteiger partial charge in [0.05, 0.1) is 4.90 Å². The predicted molar refractivity (Wildman–Crippen MR) is 81.0 cm³/mol. The Bertz CT molecular complexity index is 513. The van der Waals surface area contributed by atoms with Crippen molar-refractivity contribution in [1.29, 1.82) is 0 Å². The number of rotatable bonds is 6. The minimum absolute atomic E-state index is 0.197.